The number of thioether (sulfide) groups is 1. The van der Waals surface area contributed by atoms with Crippen molar-refractivity contribution < 1.29 is 18.7 Å². The minimum Gasteiger partial charge on any atom is -0.494 e. The molecule has 7 nitrogen and oxygen atoms in total. The van der Waals surface area contributed by atoms with Crippen LogP contribution in [0.2, 0.25) is 0 Å². The van der Waals surface area contributed by atoms with E-state index >= 15 is 0 Å². The number of ether oxygens (including phenoxy) is 1. The van der Waals surface area contributed by atoms with Gasteiger partial charge in [-0.1, -0.05) is 42.1 Å². The molecule has 3 aromatic carbocycles. The van der Waals surface area contributed by atoms with Gasteiger partial charge in [0.05, 0.1) is 12.8 Å². The standard InChI is InChI=1S/C26H23N3O4S/c1-32-23-15-18(12-13-21(23)29-14-6-11-24(29)30)27-25(31)19-8-3-2-7-17(19)16-34-26-28-20-9-4-5-10-22(20)33-26/h2-5,7-10,12-13,15H,6,11,14,16H2,1H3,(H,27,31). The number of aromatic nitrogens is 1. The van der Waals surface area contributed by atoms with E-state index in [1.54, 1.807) is 30.2 Å². The molecule has 5 rings (SSSR count). The first-order valence-corrected chi connectivity index (χ1v) is 12.0. The van der Waals surface area contributed by atoms with Crippen LogP contribution in [0.15, 0.2) is 76.4 Å². The van der Waals surface area contributed by atoms with Crippen LogP contribution in [0.4, 0.5) is 11.4 Å². The highest BCUT2D eigenvalue weighted by Crippen LogP contribution is 2.34. The van der Waals surface area contributed by atoms with Crippen molar-refractivity contribution in [2.75, 3.05) is 23.9 Å². The van der Waals surface area contributed by atoms with E-state index in [4.69, 9.17) is 9.15 Å². The lowest BCUT2D eigenvalue weighted by molar-refractivity contribution is -0.117. The molecule has 4 aromatic rings. The van der Waals surface area contributed by atoms with Gasteiger partial charge in [0.1, 0.15) is 11.3 Å². The number of benzene rings is 3. The summed E-state index contributed by atoms with van der Waals surface area (Å²) in [7, 11) is 1.56. The summed E-state index contributed by atoms with van der Waals surface area (Å²) in [4.78, 5) is 31.5. The highest BCUT2D eigenvalue weighted by atomic mass is 32.2. The number of fused-ring (bicyclic) bond motifs is 1. The number of hydrogen-bond acceptors (Lipinski definition) is 6. The molecule has 34 heavy (non-hydrogen) atoms. The number of carbonyl (C=O) groups is 2. The fourth-order valence-electron chi connectivity index (χ4n) is 4.00. The molecule has 1 aromatic heterocycles. The Kier molecular flexibility index (Phi) is 6.22. The summed E-state index contributed by atoms with van der Waals surface area (Å²) in [5.41, 5.74) is 4.31. The number of anilines is 2. The molecule has 2 amide bonds. The third-order valence-electron chi connectivity index (χ3n) is 5.69. The Morgan fingerprint density at radius 3 is 2.76 bits per heavy atom. The number of nitrogens with zero attached hydrogens (tertiary/aromatic N) is 2. The van der Waals surface area contributed by atoms with Gasteiger partial charge in [0.15, 0.2) is 5.58 Å². The number of nitrogens with one attached hydrogen (secondary N) is 1. The molecule has 1 N–H and O–H groups in total. The molecule has 1 aliphatic heterocycles. The minimum atomic E-state index is -0.221. The molecule has 2 heterocycles. The highest BCUT2D eigenvalue weighted by Gasteiger charge is 2.24. The maximum atomic E-state index is 13.1. The van der Waals surface area contributed by atoms with Gasteiger partial charge in [-0.15, -0.1) is 0 Å². The van der Waals surface area contributed by atoms with E-state index < -0.39 is 0 Å². The zero-order chi connectivity index (χ0) is 23.5. The Balaban J connectivity index is 1.31. The maximum absolute atomic E-state index is 13.1. The zero-order valence-corrected chi connectivity index (χ0v) is 19.4. The van der Waals surface area contributed by atoms with E-state index in [1.807, 2.05) is 48.5 Å². The van der Waals surface area contributed by atoms with E-state index in [2.05, 4.69) is 10.3 Å². The van der Waals surface area contributed by atoms with E-state index in [0.29, 0.717) is 40.9 Å². The molecule has 0 aliphatic carbocycles. The quantitative estimate of drug-likeness (QED) is 0.357. The van der Waals surface area contributed by atoms with Crippen LogP contribution < -0.4 is 15.0 Å². The van der Waals surface area contributed by atoms with Crippen molar-refractivity contribution in [3.63, 3.8) is 0 Å². The summed E-state index contributed by atoms with van der Waals surface area (Å²) in [5.74, 6) is 0.949. The Labute approximate surface area is 201 Å². The van der Waals surface area contributed by atoms with Gasteiger partial charge in [-0.25, -0.2) is 4.98 Å². The molecule has 0 bridgehead atoms. The van der Waals surface area contributed by atoms with E-state index in [9.17, 15) is 9.59 Å². The number of amides is 2. The van der Waals surface area contributed by atoms with Crippen LogP contribution >= 0.6 is 11.8 Å². The first-order valence-electron chi connectivity index (χ1n) is 11.0. The molecule has 1 aliphatic rings. The largest absolute Gasteiger partial charge is 0.494 e. The van der Waals surface area contributed by atoms with Crippen LogP contribution in [-0.4, -0.2) is 30.5 Å². The van der Waals surface area contributed by atoms with Gasteiger partial charge in [-0.3, -0.25) is 9.59 Å². The SMILES string of the molecule is COc1cc(NC(=O)c2ccccc2CSc2nc3ccccc3o2)ccc1N1CCCC1=O. The van der Waals surface area contributed by atoms with Gasteiger partial charge in [-0.2, -0.15) is 0 Å². The third kappa shape index (κ3) is 4.49. The van der Waals surface area contributed by atoms with E-state index in [0.717, 1.165) is 28.8 Å². The maximum Gasteiger partial charge on any atom is 0.257 e. The monoisotopic (exact) mass is 473 g/mol. The van der Waals surface area contributed by atoms with Gasteiger partial charge in [0.25, 0.3) is 11.1 Å². The fourth-order valence-corrected chi connectivity index (χ4v) is 4.84. The minimum absolute atomic E-state index is 0.0838. The van der Waals surface area contributed by atoms with Crippen LogP contribution in [0.3, 0.4) is 0 Å². The first kappa shape index (κ1) is 22.0. The molecular weight excluding hydrogens is 450 g/mol. The lowest BCUT2D eigenvalue weighted by atomic mass is 10.1. The molecule has 0 spiro atoms. The predicted molar refractivity (Wildman–Crippen MR) is 133 cm³/mol. The topological polar surface area (TPSA) is 84.7 Å². The Morgan fingerprint density at radius 2 is 1.97 bits per heavy atom. The summed E-state index contributed by atoms with van der Waals surface area (Å²) >= 11 is 1.44. The van der Waals surface area contributed by atoms with Crippen molar-refractivity contribution in [2.45, 2.75) is 23.8 Å². The second-order valence-corrected chi connectivity index (χ2v) is 8.81. The van der Waals surface area contributed by atoms with Crippen LogP contribution in [0.25, 0.3) is 11.1 Å². The molecule has 1 fully saturated rings. The summed E-state index contributed by atoms with van der Waals surface area (Å²) in [6.07, 6.45) is 1.37. The molecule has 0 saturated carbocycles. The van der Waals surface area contributed by atoms with Gasteiger partial charge in [0.2, 0.25) is 5.91 Å². The van der Waals surface area contributed by atoms with E-state index in [1.165, 1.54) is 11.8 Å². The second-order valence-electron chi connectivity index (χ2n) is 7.88. The van der Waals surface area contributed by atoms with Gasteiger partial charge >= 0.3 is 0 Å². The number of methoxy groups -OCH3 is 1. The summed E-state index contributed by atoms with van der Waals surface area (Å²) in [5, 5.41) is 3.51. The number of rotatable bonds is 7. The summed E-state index contributed by atoms with van der Waals surface area (Å²) < 4.78 is 11.3. The molecular formula is C26H23N3O4S. The summed E-state index contributed by atoms with van der Waals surface area (Å²) in [6, 6.07) is 20.4. The molecule has 172 valence electrons. The smallest absolute Gasteiger partial charge is 0.257 e. The molecule has 8 heteroatoms. The average Bonchev–Trinajstić information content (AvgIpc) is 3.48. The van der Waals surface area contributed by atoms with Crippen LogP contribution in [-0.2, 0) is 10.5 Å². The number of oxazole rings is 1. The fraction of sp³-hybridized carbons (Fsp3) is 0.192. The highest BCUT2D eigenvalue weighted by molar-refractivity contribution is 7.98. The number of hydrogen-bond donors (Lipinski definition) is 1. The van der Waals surface area contributed by atoms with Crippen molar-refractivity contribution >= 4 is 46.1 Å². The first-order chi connectivity index (χ1) is 16.6. The van der Waals surface area contributed by atoms with Gasteiger partial charge in [-0.05, 0) is 42.3 Å². The molecule has 0 unspecified atom stereocenters. The average molecular weight is 474 g/mol. The third-order valence-corrected chi connectivity index (χ3v) is 6.57. The van der Waals surface area contributed by atoms with Crippen molar-refractivity contribution in [3.05, 3.63) is 77.9 Å². The molecule has 0 atom stereocenters. The van der Waals surface area contributed by atoms with E-state index in [-0.39, 0.29) is 11.8 Å². The van der Waals surface area contributed by atoms with Crippen LogP contribution in [0.1, 0.15) is 28.8 Å². The predicted octanol–water partition coefficient (Wildman–Crippen LogP) is 5.51. The number of para-hydroxylation sites is 2. The van der Waals surface area contributed by atoms with Crippen LogP contribution in [0, 0.1) is 0 Å². The van der Waals surface area contributed by atoms with Crippen molar-refractivity contribution in [1.82, 2.24) is 4.98 Å². The lowest BCUT2D eigenvalue weighted by Gasteiger charge is -2.20. The molecule has 1 saturated heterocycles. The zero-order valence-electron chi connectivity index (χ0n) is 18.6. The Bertz CT molecular complexity index is 1330. The normalized spacial score (nSPS) is 13.4. The van der Waals surface area contributed by atoms with Crippen LogP contribution in [0.5, 0.6) is 5.75 Å². The van der Waals surface area contributed by atoms with Gasteiger partial charge in [0, 0.05) is 36.0 Å². The van der Waals surface area contributed by atoms with Gasteiger partial charge < -0.3 is 19.4 Å². The molecule has 0 radical (unpaired) electrons. The second kappa shape index (κ2) is 9.61. The van der Waals surface area contributed by atoms with Crippen molar-refractivity contribution in [1.29, 1.82) is 0 Å². The lowest BCUT2D eigenvalue weighted by Crippen LogP contribution is -2.24. The van der Waals surface area contributed by atoms with Crippen molar-refractivity contribution in [3.8, 4) is 5.75 Å². The van der Waals surface area contributed by atoms with Crippen molar-refractivity contribution in [2.24, 2.45) is 0 Å². The summed E-state index contributed by atoms with van der Waals surface area (Å²) in [6.45, 7) is 0.673. The Morgan fingerprint density at radius 1 is 1.15 bits per heavy atom. The Hall–Kier alpha value is -3.78. The number of carbonyl (C=O) groups excluding carboxylic acids is 2.